The van der Waals surface area contributed by atoms with Gasteiger partial charge in [0.25, 0.3) is 5.56 Å². The molecule has 0 bridgehead atoms. The number of fused-ring (bicyclic) bond motifs is 1. The van der Waals surface area contributed by atoms with Crippen molar-refractivity contribution < 1.29 is 9.53 Å². The summed E-state index contributed by atoms with van der Waals surface area (Å²) in [5, 5.41) is 0.480. The number of aromatic nitrogens is 2. The van der Waals surface area contributed by atoms with Crippen molar-refractivity contribution in [2.75, 3.05) is 13.7 Å². The Hall–Kier alpha value is -2.21. The molecule has 0 aliphatic heterocycles. The van der Waals surface area contributed by atoms with E-state index in [-0.39, 0.29) is 5.56 Å². The van der Waals surface area contributed by atoms with E-state index in [9.17, 15) is 9.59 Å². The number of H-pyrrole nitrogens is 1. The molecule has 1 aromatic carbocycles. The Kier molecular flexibility index (Phi) is 4.66. The minimum atomic E-state index is -0.431. The van der Waals surface area contributed by atoms with Crippen molar-refractivity contribution in [3.63, 3.8) is 0 Å². The molecule has 0 amide bonds. The lowest BCUT2D eigenvalue weighted by atomic mass is 10.1. The third kappa shape index (κ3) is 3.64. The number of esters is 1. The summed E-state index contributed by atoms with van der Waals surface area (Å²) in [6, 6.07) is 5.41. The van der Waals surface area contributed by atoms with Crippen molar-refractivity contribution in [1.29, 1.82) is 0 Å². The standard InChI is InChI=1S/C18H23N3O3/c1-11(2)9-21(13-5-6-13)10-16-19-15-8-12(18(23)24-3)4-7-14(15)17(22)20-16/h4,7-8,11,13H,5-6,9-10H2,1-3H3,(H,19,20,22). The molecule has 0 radical (unpaired) electrons. The van der Waals surface area contributed by atoms with Gasteiger partial charge in [0.05, 0.1) is 30.1 Å². The van der Waals surface area contributed by atoms with Crippen LogP contribution in [0.4, 0.5) is 0 Å². The van der Waals surface area contributed by atoms with Gasteiger partial charge in [-0.2, -0.15) is 0 Å². The fraction of sp³-hybridized carbons (Fsp3) is 0.500. The van der Waals surface area contributed by atoms with Gasteiger partial charge in [0, 0.05) is 12.6 Å². The number of ether oxygens (including phenoxy) is 1. The van der Waals surface area contributed by atoms with Crippen molar-refractivity contribution in [2.24, 2.45) is 5.92 Å². The van der Waals surface area contributed by atoms with Crippen LogP contribution in [-0.4, -0.2) is 40.5 Å². The topological polar surface area (TPSA) is 75.3 Å². The average Bonchev–Trinajstić information content (AvgIpc) is 3.37. The third-order valence-corrected chi connectivity index (χ3v) is 4.19. The largest absolute Gasteiger partial charge is 0.465 e. The SMILES string of the molecule is COC(=O)c1ccc2c(=O)[nH]c(CN(CC(C)C)C3CC3)nc2c1. The molecule has 3 rings (SSSR count). The van der Waals surface area contributed by atoms with Gasteiger partial charge in [0.15, 0.2) is 0 Å². The van der Waals surface area contributed by atoms with Gasteiger partial charge < -0.3 is 9.72 Å². The van der Waals surface area contributed by atoms with Crippen molar-refractivity contribution in [3.05, 3.63) is 39.9 Å². The monoisotopic (exact) mass is 329 g/mol. The highest BCUT2D eigenvalue weighted by Crippen LogP contribution is 2.28. The molecule has 0 spiro atoms. The van der Waals surface area contributed by atoms with Gasteiger partial charge in [-0.05, 0) is 37.0 Å². The molecule has 1 aliphatic carbocycles. The number of hydrogen-bond acceptors (Lipinski definition) is 5. The summed E-state index contributed by atoms with van der Waals surface area (Å²) in [5.41, 5.74) is 0.749. The van der Waals surface area contributed by atoms with Crippen molar-refractivity contribution in [2.45, 2.75) is 39.3 Å². The van der Waals surface area contributed by atoms with Gasteiger partial charge >= 0.3 is 5.97 Å². The molecule has 0 atom stereocenters. The maximum absolute atomic E-state index is 12.3. The van der Waals surface area contributed by atoms with Crippen LogP contribution in [0.2, 0.25) is 0 Å². The summed E-state index contributed by atoms with van der Waals surface area (Å²) in [7, 11) is 1.34. The second kappa shape index (κ2) is 6.73. The second-order valence-electron chi connectivity index (χ2n) is 6.79. The van der Waals surface area contributed by atoms with E-state index >= 15 is 0 Å². The summed E-state index contributed by atoms with van der Waals surface area (Å²) in [6.07, 6.45) is 2.41. The number of benzene rings is 1. The van der Waals surface area contributed by atoms with Gasteiger partial charge in [0.2, 0.25) is 0 Å². The summed E-state index contributed by atoms with van der Waals surface area (Å²) < 4.78 is 4.73. The molecule has 1 N–H and O–H groups in total. The summed E-state index contributed by atoms with van der Waals surface area (Å²) >= 11 is 0. The van der Waals surface area contributed by atoms with Gasteiger partial charge in [-0.25, -0.2) is 9.78 Å². The number of hydrogen-bond donors (Lipinski definition) is 1. The smallest absolute Gasteiger partial charge is 0.337 e. The Labute approximate surface area is 140 Å². The molecule has 2 aromatic rings. The van der Waals surface area contributed by atoms with E-state index < -0.39 is 5.97 Å². The van der Waals surface area contributed by atoms with Gasteiger partial charge in [-0.1, -0.05) is 13.8 Å². The molecular weight excluding hydrogens is 306 g/mol. The van der Waals surface area contributed by atoms with Crippen LogP contribution in [0, 0.1) is 5.92 Å². The molecule has 24 heavy (non-hydrogen) atoms. The molecule has 1 aliphatic rings. The number of rotatable bonds is 6. The van der Waals surface area contributed by atoms with E-state index in [1.807, 2.05) is 0 Å². The zero-order valence-electron chi connectivity index (χ0n) is 14.3. The van der Waals surface area contributed by atoms with Crippen LogP contribution in [0.1, 0.15) is 42.9 Å². The molecule has 128 valence electrons. The van der Waals surface area contributed by atoms with E-state index in [1.54, 1.807) is 18.2 Å². The van der Waals surface area contributed by atoms with Crippen LogP contribution in [0.3, 0.4) is 0 Å². The molecule has 1 fully saturated rings. The first-order valence-corrected chi connectivity index (χ1v) is 8.33. The Morgan fingerprint density at radius 2 is 2.17 bits per heavy atom. The maximum Gasteiger partial charge on any atom is 0.337 e. The highest BCUT2D eigenvalue weighted by molar-refractivity contribution is 5.93. The Morgan fingerprint density at radius 1 is 1.42 bits per heavy atom. The quantitative estimate of drug-likeness (QED) is 0.823. The first kappa shape index (κ1) is 16.6. The van der Waals surface area contributed by atoms with Crippen LogP contribution in [0.15, 0.2) is 23.0 Å². The second-order valence-corrected chi connectivity index (χ2v) is 6.79. The molecule has 6 nitrogen and oxygen atoms in total. The fourth-order valence-electron chi connectivity index (χ4n) is 2.95. The lowest BCUT2D eigenvalue weighted by molar-refractivity contribution is 0.0601. The Bertz CT molecular complexity index is 809. The molecular formula is C18H23N3O3. The normalized spacial score (nSPS) is 14.5. The lowest BCUT2D eigenvalue weighted by Gasteiger charge is -2.23. The maximum atomic E-state index is 12.3. The van der Waals surface area contributed by atoms with Crippen LogP contribution < -0.4 is 5.56 Å². The van der Waals surface area contributed by atoms with Crippen molar-refractivity contribution in [3.8, 4) is 0 Å². The zero-order valence-corrected chi connectivity index (χ0v) is 14.3. The van der Waals surface area contributed by atoms with Crippen molar-refractivity contribution >= 4 is 16.9 Å². The first-order valence-electron chi connectivity index (χ1n) is 8.33. The summed E-state index contributed by atoms with van der Waals surface area (Å²) in [4.78, 5) is 33.8. The van der Waals surface area contributed by atoms with Crippen LogP contribution in [0.25, 0.3) is 10.9 Å². The molecule has 1 saturated carbocycles. The van der Waals surface area contributed by atoms with Crippen LogP contribution >= 0.6 is 0 Å². The van der Waals surface area contributed by atoms with E-state index in [4.69, 9.17) is 4.74 Å². The number of nitrogens with zero attached hydrogens (tertiary/aromatic N) is 2. The third-order valence-electron chi connectivity index (χ3n) is 4.19. The predicted molar refractivity (Wildman–Crippen MR) is 92.0 cm³/mol. The van der Waals surface area contributed by atoms with E-state index in [0.29, 0.717) is 40.8 Å². The number of carbonyl (C=O) groups excluding carboxylic acids is 1. The van der Waals surface area contributed by atoms with Gasteiger partial charge in [-0.15, -0.1) is 0 Å². The van der Waals surface area contributed by atoms with E-state index in [0.717, 1.165) is 6.54 Å². The summed E-state index contributed by atoms with van der Waals surface area (Å²) in [5.74, 6) is 0.769. The first-order chi connectivity index (χ1) is 11.5. The molecule has 1 heterocycles. The van der Waals surface area contributed by atoms with Crippen LogP contribution in [-0.2, 0) is 11.3 Å². The van der Waals surface area contributed by atoms with Gasteiger partial charge in [-0.3, -0.25) is 9.69 Å². The zero-order chi connectivity index (χ0) is 17.3. The lowest BCUT2D eigenvalue weighted by Crippen LogP contribution is -2.31. The highest BCUT2D eigenvalue weighted by Gasteiger charge is 2.29. The predicted octanol–water partition coefficient (Wildman–Crippen LogP) is 2.33. The molecule has 0 unspecified atom stereocenters. The van der Waals surface area contributed by atoms with E-state index in [2.05, 4.69) is 28.7 Å². The Balaban J connectivity index is 1.93. The number of aromatic amines is 1. The van der Waals surface area contributed by atoms with E-state index in [1.165, 1.54) is 20.0 Å². The number of nitrogens with one attached hydrogen (secondary N) is 1. The molecule has 6 heteroatoms. The Morgan fingerprint density at radius 3 is 2.79 bits per heavy atom. The minimum absolute atomic E-state index is 0.174. The van der Waals surface area contributed by atoms with Gasteiger partial charge in [0.1, 0.15) is 5.82 Å². The van der Waals surface area contributed by atoms with Crippen LogP contribution in [0.5, 0.6) is 0 Å². The summed E-state index contributed by atoms with van der Waals surface area (Å²) in [6.45, 7) is 5.98. The van der Waals surface area contributed by atoms with Crippen molar-refractivity contribution in [1.82, 2.24) is 14.9 Å². The molecule has 1 aromatic heterocycles. The number of methoxy groups -OCH3 is 1. The number of carbonyl (C=O) groups is 1. The molecule has 0 saturated heterocycles. The fourth-order valence-corrected chi connectivity index (χ4v) is 2.95. The highest BCUT2D eigenvalue weighted by atomic mass is 16.5. The minimum Gasteiger partial charge on any atom is -0.465 e. The average molecular weight is 329 g/mol.